The number of hydrogen-bond donors (Lipinski definition) is 1. The Hall–Kier alpha value is 0.150. The van der Waals surface area contributed by atoms with Crippen LogP contribution in [0.1, 0.15) is 5.76 Å². The van der Waals surface area contributed by atoms with E-state index in [1.807, 2.05) is 6.07 Å². The van der Waals surface area contributed by atoms with Crippen LogP contribution in [0.4, 0.5) is 0 Å². The zero-order valence-corrected chi connectivity index (χ0v) is 12.1. The van der Waals surface area contributed by atoms with E-state index >= 15 is 0 Å². The van der Waals surface area contributed by atoms with Crippen molar-refractivity contribution < 1.29 is 12.8 Å². The highest BCUT2D eigenvalue weighted by molar-refractivity contribution is 9.13. The van der Waals surface area contributed by atoms with Gasteiger partial charge in [-0.25, -0.2) is 8.42 Å². The zero-order chi connectivity index (χ0) is 11.5. The van der Waals surface area contributed by atoms with E-state index in [9.17, 15) is 8.42 Å². The van der Waals surface area contributed by atoms with E-state index in [4.69, 9.17) is 4.42 Å². The first-order valence-corrected chi connectivity index (χ1v) is 7.85. The molecular formula is C8H11Br2NO3S. The summed E-state index contributed by atoms with van der Waals surface area (Å²) in [5.41, 5.74) is 0. The lowest BCUT2D eigenvalue weighted by atomic mass is 10.4. The minimum absolute atomic E-state index is 0.135. The molecule has 1 heterocycles. The van der Waals surface area contributed by atoms with E-state index in [-0.39, 0.29) is 5.75 Å². The summed E-state index contributed by atoms with van der Waals surface area (Å²) in [6.07, 6.45) is 1.22. The van der Waals surface area contributed by atoms with Gasteiger partial charge in [-0.1, -0.05) is 0 Å². The highest BCUT2D eigenvalue weighted by atomic mass is 79.9. The Morgan fingerprint density at radius 3 is 2.60 bits per heavy atom. The lowest BCUT2D eigenvalue weighted by Gasteiger charge is -2.00. The first-order chi connectivity index (χ1) is 6.88. The molecule has 1 aromatic heterocycles. The molecule has 7 heteroatoms. The van der Waals surface area contributed by atoms with E-state index in [2.05, 4.69) is 37.2 Å². The van der Waals surface area contributed by atoms with Crippen molar-refractivity contribution in [1.82, 2.24) is 5.32 Å². The molecule has 0 saturated carbocycles. The Labute approximate surface area is 106 Å². The van der Waals surface area contributed by atoms with Crippen LogP contribution in [0.5, 0.6) is 0 Å². The molecule has 0 radical (unpaired) electrons. The maximum atomic E-state index is 10.8. The largest absolute Gasteiger partial charge is 0.452 e. The van der Waals surface area contributed by atoms with Crippen LogP contribution in [0, 0.1) is 0 Å². The second-order valence-corrected chi connectivity index (χ2v) is 6.98. The first-order valence-electron chi connectivity index (χ1n) is 4.20. The van der Waals surface area contributed by atoms with Crippen molar-refractivity contribution >= 4 is 41.7 Å². The minimum Gasteiger partial charge on any atom is -0.452 e. The third-order valence-corrected chi connectivity index (χ3v) is 4.30. The molecule has 0 bridgehead atoms. The normalized spacial score (nSPS) is 11.9. The molecule has 0 aliphatic heterocycles. The van der Waals surface area contributed by atoms with Crippen LogP contribution in [0.3, 0.4) is 0 Å². The standard InChI is InChI=1S/C8H11Br2NO3S/c1-15(12,13)3-2-11-5-6-4-7(9)8(10)14-6/h4,11H,2-3,5H2,1H3. The van der Waals surface area contributed by atoms with Gasteiger partial charge in [-0.3, -0.25) is 0 Å². The van der Waals surface area contributed by atoms with Gasteiger partial charge in [0.15, 0.2) is 4.67 Å². The van der Waals surface area contributed by atoms with Crippen molar-refractivity contribution in [2.75, 3.05) is 18.6 Å². The number of sulfone groups is 1. The van der Waals surface area contributed by atoms with Gasteiger partial charge in [-0.2, -0.15) is 0 Å². The molecule has 86 valence electrons. The monoisotopic (exact) mass is 359 g/mol. The molecule has 15 heavy (non-hydrogen) atoms. The third-order valence-electron chi connectivity index (χ3n) is 1.65. The van der Waals surface area contributed by atoms with Crippen molar-refractivity contribution in [2.24, 2.45) is 0 Å². The molecule has 0 fully saturated rings. The highest BCUT2D eigenvalue weighted by Gasteiger charge is 2.06. The van der Waals surface area contributed by atoms with Gasteiger partial charge < -0.3 is 9.73 Å². The highest BCUT2D eigenvalue weighted by Crippen LogP contribution is 2.26. The summed E-state index contributed by atoms with van der Waals surface area (Å²) in [5, 5.41) is 2.98. The van der Waals surface area contributed by atoms with Gasteiger partial charge in [-0.15, -0.1) is 0 Å². The molecule has 1 aromatic rings. The summed E-state index contributed by atoms with van der Waals surface area (Å²) in [6.45, 7) is 0.939. The fraction of sp³-hybridized carbons (Fsp3) is 0.500. The quantitative estimate of drug-likeness (QED) is 0.815. The van der Waals surface area contributed by atoms with Crippen molar-refractivity contribution in [2.45, 2.75) is 6.54 Å². The number of halogens is 2. The van der Waals surface area contributed by atoms with Crippen molar-refractivity contribution in [3.8, 4) is 0 Å². The Balaban J connectivity index is 2.32. The van der Waals surface area contributed by atoms with Gasteiger partial charge >= 0.3 is 0 Å². The molecule has 0 unspecified atom stereocenters. The second-order valence-electron chi connectivity index (χ2n) is 3.14. The summed E-state index contributed by atoms with van der Waals surface area (Å²) < 4.78 is 28.4. The van der Waals surface area contributed by atoms with Crippen LogP contribution in [-0.4, -0.2) is 27.0 Å². The third kappa shape index (κ3) is 5.14. The van der Waals surface area contributed by atoms with E-state index < -0.39 is 9.84 Å². The van der Waals surface area contributed by atoms with Gasteiger partial charge in [0, 0.05) is 12.8 Å². The van der Waals surface area contributed by atoms with Crippen LogP contribution < -0.4 is 5.32 Å². The molecule has 1 N–H and O–H groups in total. The van der Waals surface area contributed by atoms with E-state index in [0.717, 1.165) is 10.2 Å². The Bertz CT molecular complexity index is 408. The lowest BCUT2D eigenvalue weighted by Crippen LogP contribution is -2.21. The maximum absolute atomic E-state index is 10.8. The Morgan fingerprint density at radius 1 is 1.47 bits per heavy atom. The Kier molecular flexibility index (Phi) is 4.82. The molecule has 0 aliphatic rings. The average molecular weight is 361 g/mol. The van der Waals surface area contributed by atoms with Crippen LogP contribution in [0.2, 0.25) is 0 Å². The number of nitrogens with one attached hydrogen (secondary N) is 1. The number of furan rings is 1. The topological polar surface area (TPSA) is 59.3 Å². The molecule has 0 spiro atoms. The Morgan fingerprint density at radius 2 is 2.13 bits per heavy atom. The molecule has 1 rings (SSSR count). The van der Waals surface area contributed by atoms with E-state index in [1.54, 1.807) is 0 Å². The van der Waals surface area contributed by atoms with Gasteiger partial charge in [0.2, 0.25) is 0 Å². The van der Waals surface area contributed by atoms with Crippen molar-refractivity contribution in [1.29, 1.82) is 0 Å². The summed E-state index contributed by atoms with van der Waals surface area (Å²) >= 11 is 6.51. The fourth-order valence-electron chi connectivity index (χ4n) is 0.948. The van der Waals surface area contributed by atoms with Gasteiger partial charge in [0.1, 0.15) is 15.6 Å². The van der Waals surface area contributed by atoms with Gasteiger partial charge in [0.05, 0.1) is 16.8 Å². The van der Waals surface area contributed by atoms with Gasteiger partial charge in [-0.05, 0) is 37.9 Å². The van der Waals surface area contributed by atoms with E-state index in [0.29, 0.717) is 17.8 Å². The van der Waals surface area contributed by atoms with Crippen LogP contribution in [0.25, 0.3) is 0 Å². The van der Waals surface area contributed by atoms with Crippen molar-refractivity contribution in [3.63, 3.8) is 0 Å². The molecule has 0 atom stereocenters. The fourth-order valence-corrected chi connectivity index (χ4v) is 2.12. The molecule has 4 nitrogen and oxygen atoms in total. The molecule has 0 amide bonds. The maximum Gasteiger partial charge on any atom is 0.183 e. The van der Waals surface area contributed by atoms with Crippen molar-refractivity contribution in [3.05, 3.63) is 21.0 Å². The predicted molar refractivity (Wildman–Crippen MR) is 65.5 cm³/mol. The van der Waals surface area contributed by atoms with Crippen LogP contribution >= 0.6 is 31.9 Å². The average Bonchev–Trinajstić information content (AvgIpc) is 2.39. The van der Waals surface area contributed by atoms with E-state index in [1.165, 1.54) is 6.26 Å². The van der Waals surface area contributed by atoms with Crippen LogP contribution in [0.15, 0.2) is 19.6 Å². The predicted octanol–water partition coefficient (Wildman–Crippen LogP) is 1.94. The SMILES string of the molecule is CS(=O)(=O)CCNCc1cc(Br)c(Br)o1. The first kappa shape index (κ1) is 13.2. The summed E-state index contributed by atoms with van der Waals surface area (Å²) in [6, 6.07) is 1.83. The summed E-state index contributed by atoms with van der Waals surface area (Å²) in [7, 11) is -2.89. The summed E-state index contributed by atoms with van der Waals surface area (Å²) in [5.74, 6) is 0.887. The molecule has 0 aromatic carbocycles. The number of hydrogen-bond acceptors (Lipinski definition) is 4. The van der Waals surface area contributed by atoms with Crippen LogP contribution in [-0.2, 0) is 16.4 Å². The number of rotatable bonds is 5. The zero-order valence-electron chi connectivity index (χ0n) is 8.09. The second kappa shape index (κ2) is 5.47. The minimum atomic E-state index is -2.89. The molecule has 0 saturated heterocycles. The summed E-state index contributed by atoms with van der Waals surface area (Å²) in [4.78, 5) is 0. The smallest absolute Gasteiger partial charge is 0.183 e. The molecule has 0 aliphatic carbocycles. The van der Waals surface area contributed by atoms with Gasteiger partial charge in [0.25, 0.3) is 0 Å². The lowest BCUT2D eigenvalue weighted by molar-refractivity contribution is 0.468. The molecular weight excluding hydrogens is 350 g/mol.